The van der Waals surface area contributed by atoms with Crippen LogP contribution < -0.4 is 5.32 Å². The van der Waals surface area contributed by atoms with Crippen LogP contribution in [0.5, 0.6) is 0 Å². The fourth-order valence-electron chi connectivity index (χ4n) is 4.59. The SMILES string of the molecule is CCNC(=O)[C@]1(Cc2ccccc2-c2ccncc2)CCCN(C(=O)c2cccnc2)C1. The van der Waals surface area contributed by atoms with Crippen molar-refractivity contribution in [2.75, 3.05) is 19.6 Å². The van der Waals surface area contributed by atoms with Crippen LogP contribution in [0.25, 0.3) is 11.1 Å². The Morgan fingerprint density at radius 3 is 2.59 bits per heavy atom. The van der Waals surface area contributed by atoms with Crippen molar-refractivity contribution in [1.82, 2.24) is 20.2 Å². The van der Waals surface area contributed by atoms with E-state index in [2.05, 4.69) is 27.4 Å². The Kier molecular flexibility index (Phi) is 6.59. The number of aromatic nitrogens is 2. The van der Waals surface area contributed by atoms with E-state index in [0.717, 1.165) is 29.5 Å². The van der Waals surface area contributed by atoms with E-state index >= 15 is 0 Å². The molecule has 1 fully saturated rings. The molecule has 4 rings (SSSR count). The van der Waals surface area contributed by atoms with Crippen LogP contribution >= 0.6 is 0 Å². The molecule has 6 nitrogen and oxygen atoms in total. The fraction of sp³-hybridized carbons (Fsp3) is 0.308. The minimum absolute atomic E-state index is 0.00761. The Morgan fingerprint density at radius 2 is 1.84 bits per heavy atom. The number of nitrogens with zero attached hydrogens (tertiary/aromatic N) is 3. The van der Waals surface area contributed by atoms with Gasteiger partial charge >= 0.3 is 0 Å². The van der Waals surface area contributed by atoms with Crippen molar-refractivity contribution in [3.63, 3.8) is 0 Å². The van der Waals surface area contributed by atoms with Gasteiger partial charge in [-0.1, -0.05) is 24.3 Å². The maximum atomic E-state index is 13.4. The van der Waals surface area contributed by atoms with E-state index in [9.17, 15) is 9.59 Å². The number of benzene rings is 1. The highest BCUT2D eigenvalue weighted by molar-refractivity contribution is 5.94. The third-order valence-corrected chi connectivity index (χ3v) is 6.13. The molecule has 3 heterocycles. The van der Waals surface area contributed by atoms with Crippen LogP contribution in [0.1, 0.15) is 35.7 Å². The highest BCUT2D eigenvalue weighted by Gasteiger charge is 2.43. The second-order valence-corrected chi connectivity index (χ2v) is 8.28. The zero-order valence-electron chi connectivity index (χ0n) is 18.3. The quantitative estimate of drug-likeness (QED) is 0.649. The molecule has 1 aliphatic heterocycles. The van der Waals surface area contributed by atoms with Crippen molar-refractivity contribution in [2.45, 2.75) is 26.2 Å². The van der Waals surface area contributed by atoms with E-state index in [1.807, 2.05) is 36.1 Å². The van der Waals surface area contributed by atoms with Gasteiger partial charge in [-0.15, -0.1) is 0 Å². The first-order valence-electron chi connectivity index (χ1n) is 11.1. The molecule has 1 aliphatic rings. The first-order valence-corrected chi connectivity index (χ1v) is 11.1. The van der Waals surface area contributed by atoms with Gasteiger partial charge in [0.1, 0.15) is 0 Å². The Bertz CT molecular complexity index is 1070. The second-order valence-electron chi connectivity index (χ2n) is 8.28. The highest BCUT2D eigenvalue weighted by Crippen LogP contribution is 2.37. The molecule has 0 radical (unpaired) electrons. The fourth-order valence-corrected chi connectivity index (χ4v) is 4.59. The summed E-state index contributed by atoms with van der Waals surface area (Å²) in [4.78, 5) is 36.6. The first-order chi connectivity index (χ1) is 15.6. The standard InChI is InChI=1S/C26H28N4O2/c1-2-29-25(32)26(12-6-16-30(19-26)24(31)22-8-5-13-28-18-22)17-21-7-3-4-9-23(21)20-10-14-27-15-11-20/h3-5,7-11,13-15,18H,2,6,12,16-17,19H2,1H3,(H,29,32)/t26-/m0/s1. The van der Waals surface area contributed by atoms with Crippen LogP contribution in [0.3, 0.4) is 0 Å². The summed E-state index contributed by atoms with van der Waals surface area (Å²) in [5.74, 6) is -0.0675. The molecule has 6 heteroatoms. The number of carbonyl (C=O) groups is 2. The minimum atomic E-state index is -0.685. The zero-order chi connectivity index (χ0) is 22.4. The molecule has 0 saturated carbocycles. The van der Waals surface area contributed by atoms with Crippen LogP contribution in [0.2, 0.25) is 0 Å². The van der Waals surface area contributed by atoms with Gasteiger partial charge in [0.05, 0.1) is 11.0 Å². The number of hydrogen-bond acceptors (Lipinski definition) is 4. The number of carbonyl (C=O) groups excluding carboxylic acids is 2. The summed E-state index contributed by atoms with van der Waals surface area (Å²) in [7, 11) is 0. The van der Waals surface area contributed by atoms with Crippen molar-refractivity contribution in [3.05, 3.63) is 84.4 Å². The second kappa shape index (κ2) is 9.73. The van der Waals surface area contributed by atoms with Crippen molar-refractivity contribution in [2.24, 2.45) is 5.41 Å². The Labute approximate surface area is 188 Å². The van der Waals surface area contributed by atoms with E-state index in [-0.39, 0.29) is 11.8 Å². The number of piperidine rings is 1. The van der Waals surface area contributed by atoms with Crippen LogP contribution in [0.4, 0.5) is 0 Å². The van der Waals surface area contributed by atoms with Gasteiger partial charge in [-0.2, -0.15) is 0 Å². The van der Waals surface area contributed by atoms with Gasteiger partial charge in [-0.3, -0.25) is 19.6 Å². The summed E-state index contributed by atoms with van der Waals surface area (Å²) < 4.78 is 0. The lowest BCUT2D eigenvalue weighted by Crippen LogP contribution is -2.54. The molecule has 1 N–H and O–H groups in total. The largest absolute Gasteiger partial charge is 0.356 e. The predicted octanol–water partition coefficient (Wildman–Crippen LogP) is 3.74. The third-order valence-electron chi connectivity index (χ3n) is 6.13. The maximum Gasteiger partial charge on any atom is 0.255 e. The van der Waals surface area contributed by atoms with Gasteiger partial charge in [0.25, 0.3) is 5.91 Å². The molecule has 3 aromatic rings. The molecule has 164 valence electrons. The summed E-state index contributed by atoms with van der Waals surface area (Å²) in [6.45, 7) is 3.51. The normalized spacial score (nSPS) is 18.2. The van der Waals surface area contributed by atoms with Crippen LogP contribution in [-0.4, -0.2) is 46.3 Å². The molecule has 1 saturated heterocycles. The van der Waals surface area contributed by atoms with Gasteiger partial charge in [0.2, 0.25) is 5.91 Å². The predicted molar refractivity (Wildman–Crippen MR) is 124 cm³/mol. The first kappa shape index (κ1) is 21.7. The van der Waals surface area contributed by atoms with E-state index in [4.69, 9.17) is 0 Å². The smallest absolute Gasteiger partial charge is 0.255 e. The van der Waals surface area contributed by atoms with Crippen molar-refractivity contribution in [3.8, 4) is 11.1 Å². The number of hydrogen-bond donors (Lipinski definition) is 1. The summed E-state index contributed by atoms with van der Waals surface area (Å²) >= 11 is 0. The summed E-state index contributed by atoms with van der Waals surface area (Å²) in [5, 5.41) is 3.04. The van der Waals surface area contributed by atoms with Crippen LogP contribution in [-0.2, 0) is 11.2 Å². The third kappa shape index (κ3) is 4.54. The molecule has 0 bridgehead atoms. The van der Waals surface area contributed by atoms with Gasteiger partial charge < -0.3 is 10.2 Å². The van der Waals surface area contributed by atoms with Gasteiger partial charge in [-0.05, 0) is 67.1 Å². The molecular weight excluding hydrogens is 400 g/mol. The molecule has 0 unspecified atom stereocenters. The Morgan fingerprint density at radius 1 is 1.03 bits per heavy atom. The Balaban J connectivity index is 1.68. The average molecular weight is 429 g/mol. The maximum absolute atomic E-state index is 13.4. The highest BCUT2D eigenvalue weighted by atomic mass is 16.2. The van der Waals surface area contributed by atoms with E-state index < -0.39 is 5.41 Å². The molecule has 32 heavy (non-hydrogen) atoms. The summed E-state index contributed by atoms with van der Waals surface area (Å²) in [6.07, 6.45) is 8.88. The lowest BCUT2D eigenvalue weighted by molar-refractivity contribution is -0.133. The van der Waals surface area contributed by atoms with Crippen molar-refractivity contribution >= 4 is 11.8 Å². The number of rotatable bonds is 6. The molecule has 2 aromatic heterocycles. The van der Waals surface area contributed by atoms with Crippen LogP contribution in [0, 0.1) is 5.41 Å². The van der Waals surface area contributed by atoms with E-state index in [0.29, 0.717) is 31.6 Å². The summed E-state index contributed by atoms with van der Waals surface area (Å²) in [5.41, 5.74) is 3.13. The summed E-state index contributed by atoms with van der Waals surface area (Å²) in [6, 6.07) is 15.7. The van der Waals surface area contributed by atoms with Crippen molar-refractivity contribution < 1.29 is 9.59 Å². The number of pyridine rings is 2. The van der Waals surface area contributed by atoms with Gasteiger partial charge in [0.15, 0.2) is 0 Å². The van der Waals surface area contributed by atoms with Crippen molar-refractivity contribution in [1.29, 1.82) is 0 Å². The average Bonchev–Trinajstić information content (AvgIpc) is 2.85. The van der Waals surface area contributed by atoms with Crippen LogP contribution in [0.15, 0.2) is 73.3 Å². The molecule has 0 spiro atoms. The number of likely N-dealkylation sites (tertiary alicyclic amines) is 1. The number of amides is 2. The Hall–Kier alpha value is -3.54. The van der Waals surface area contributed by atoms with Gasteiger partial charge in [0, 0.05) is 44.4 Å². The van der Waals surface area contributed by atoms with E-state index in [1.165, 1.54) is 0 Å². The molecule has 0 aliphatic carbocycles. The zero-order valence-corrected chi connectivity index (χ0v) is 18.3. The molecular formula is C26H28N4O2. The lowest BCUT2D eigenvalue weighted by atomic mass is 9.73. The van der Waals surface area contributed by atoms with E-state index in [1.54, 1.807) is 36.9 Å². The minimum Gasteiger partial charge on any atom is -0.356 e. The molecule has 1 aromatic carbocycles. The van der Waals surface area contributed by atoms with Gasteiger partial charge in [-0.25, -0.2) is 0 Å². The monoisotopic (exact) mass is 428 g/mol. The molecule has 2 amide bonds. The molecule has 1 atom stereocenters. The topological polar surface area (TPSA) is 75.2 Å². The number of nitrogens with one attached hydrogen (secondary N) is 1. The lowest BCUT2D eigenvalue weighted by Gasteiger charge is -2.42.